The van der Waals surface area contributed by atoms with Gasteiger partial charge in [-0.1, -0.05) is 12.1 Å². The predicted octanol–water partition coefficient (Wildman–Crippen LogP) is 3.54. The van der Waals surface area contributed by atoms with Crippen LogP contribution in [-0.4, -0.2) is 39.2 Å². The number of para-hydroxylation sites is 1. The Kier molecular flexibility index (Phi) is 7.43. The van der Waals surface area contributed by atoms with Gasteiger partial charge in [-0.2, -0.15) is 0 Å². The molecule has 2 aromatic carbocycles. The van der Waals surface area contributed by atoms with E-state index in [0.29, 0.717) is 28.4 Å². The molecule has 0 unspecified atom stereocenters. The van der Waals surface area contributed by atoms with E-state index in [1.807, 2.05) is 0 Å². The van der Waals surface area contributed by atoms with Gasteiger partial charge in [-0.05, 0) is 43.3 Å². The van der Waals surface area contributed by atoms with Gasteiger partial charge in [0.15, 0.2) is 5.78 Å². The zero-order valence-electron chi connectivity index (χ0n) is 15.6. The average molecular weight is 370 g/mol. The van der Waals surface area contributed by atoms with E-state index in [4.69, 9.17) is 18.9 Å². The molecule has 0 saturated heterocycles. The molecule has 2 aromatic rings. The van der Waals surface area contributed by atoms with Crippen molar-refractivity contribution in [2.24, 2.45) is 0 Å². The summed E-state index contributed by atoms with van der Waals surface area (Å²) in [5.41, 5.74) is 1.19. The fraction of sp³-hybridized carbons (Fsp3) is 0.238. The van der Waals surface area contributed by atoms with Crippen LogP contribution in [0.5, 0.6) is 17.2 Å². The lowest BCUT2D eigenvalue weighted by Crippen LogP contribution is -2.11. The Morgan fingerprint density at radius 2 is 1.74 bits per heavy atom. The maximum Gasteiger partial charge on any atom is 0.330 e. The lowest BCUT2D eigenvalue weighted by Gasteiger charge is -2.09. The Bertz CT molecular complexity index is 825. The van der Waals surface area contributed by atoms with Crippen LogP contribution in [0.15, 0.2) is 48.5 Å². The molecule has 0 aliphatic rings. The molecule has 0 fully saturated rings. The minimum atomic E-state index is -0.511. The van der Waals surface area contributed by atoms with E-state index in [9.17, 15) is 9.59 Å². The highest BCUT2D eigenvalue weighted by molar-refractivity contribution is 5.96. The van der Waals surface area contributed by atoms with Crippen LogP contribution in [0.1, 0.15) is 22.8 Å². The average Bonchev–Trinajstić information content (AvgIpc) is 2.69. The molecular weight excluding hydrogens is 348 g/mol. The fourth-order valence-corrected chi connectivity index (χ4v) is 2.35. The van der Waals surface area contributed by atoms with Crippen molar-refractivity contribution < 1.29 is 28.5 Å². The van der Waals surface area contributed by atoms with Crippen molar-refractivity contribution in [3.05, 3.63) is 59.7 Å². The molecule has 0 aliphatic heterocycles. The van der Waals surface area contributed by atoms with Gasteiger partial charge in [0, 0.05) is 11.6 Å². The predicted molar refractivity (Wildman–Crippen MR) is 101 cm³/mol. The number of hydrogen-bond donors (Lipinski definition) is 0. The number of hydrogen-bond acceptors (Lipinski definition) is 6. The fourth-order valence-electron chi connectivity index (χ4n) is 2.35. The number of ether oxygens (including phenoxy) is 4. The Morgan fingerprint density at radius 1 is 0.963 bits per heavy atom. The molecule has 27 heavy (non-hydrogen) atoms. The third kappa shape index (κ3) is 5.88. The van der Waals surface area contributed by atoms with E-state index in [0.717, 1.165) is 0 Å². The Labute approximate surface area is 158 Å². The van der Waals surface area contributed by atoms with Gasteiger partial charge in [0.1, 0.15) is 30.5 Å². The van der Waals surface area contributed by atoms with Gasteiger partial charge >= 0.3 is 5.97 Å². The zero-order valence-corrected chi connectivity index (χ0v) is 15.6. The van der Waals surface area contributed by atoms with Crippen LogP contribution in [0, 0.1) is 0 Å². The summed E-state index contributed by atoms with van der Waals surface area (Å²) in [5.74, 6) is 1.14. The Hall–Kier alpha value is -3.28. The van der Waals surface area contributed by atoms with Crippen LogP contribution >= 0.6 is 0 Å². The van der Waals surface area contributed by atoms with Gasteiger partial charge in [0.25, 0.3) is 0 Å². The van der Waals surface area contributed by atoms with Gasteiger partial charge in [-0.15, -0.1) is 0 Å². The highest BCUT2D eigenvalue weighted by Gasteiger charge is 2.08. The summed E-state index contributed by atoms with van der Waals surface area (Å²) in [4.78, 5) is 23.4. The third-order valence-corrected chi connectivity index (χ3v) is 3.69. The molecule has 6 nitrogen and oxygen atoms in total. The van der Waals surface area contributed by atoms with Gasteiger partial charge in [-0.3, -0.25) is 4.79 Å². The molecule has 0 heterocycles. The number of carbonyl (C=O) groups excluding carboxylic acids is 2. The molecule has 142 valence electrons. The number of methoxy groups -OCH3 is 2. The van der Waals surface area contributed by atoms with Crippen molar-refractivity contribution in [2.45, 2.75) is 6.92 Å². The second-order valence-electron chi connectivity index (χ2n) is 5.51. The van der Waals surface area contributed by atoms with E-state index in [1.54, 1.807) is 62.8 Å². The molecular formula is C21H22O6. The SMILES string of the molecule is COc1ccc(OC)c(/C=C/C(=O)OCCOc2ccccc2C(C)=O)c1. The molecule has 0 amide bonds. The van der Waals surface area contributed by atoms with Crippen molar-refractivity contribution in [1.29, 1.82) is 0 Å². The summed E-state index contributed by atoms with van der Waals surface area (Å²) in [5, 5.41) is 0. The summed E-state index contributed by atoms with van der Waals surface area (Å²) in [7, 11) is 3.11. The highest BCUT2D eigenvalue weighted by atomic mass is 16.6. The first kappa shape index (κ1) is 20.0. The molecule has 0 spiro atoms. The van der Waals surface area contributed by atoms with Gasteiger partial charge in [0.05, 0.1) is 19.8 Å². The van der Waals surface area contributed by atoms with Crippen molar-refractivity contribution in [3.63, 3.8) is 0 Å². The van der Waals surface area contributed by atoms with Crippen LogP contribution in [0.25, 0.3) is 6.08 Å². The first-order valence-corrected chi connectivity index (χ1v) is 8.34. The van der Waals surface area contributed by atoms with Gasteiger partial charge < -0.3 is 18.9 Å². The van der Waals surface area contributed by atoms with E-state index >= 15 is 0 Å². The molecule has 0 aromatic heterocycles. The Balaban J connectivity index is 1.87. The largest absolute Gasteiger partial charge is 0.497 e. The van der Waals surface area contributed by atoms with Crippen LogP contribution in [0.4, 0.5) is 0 Å². The van der Waals surface area contributed by atoms with Gasteiger partial charge in [0.2, 0.25) is 0 Å². The first-order chi connectivity index (χ1) is 13.0. The number of carbonyl (C=O) groups is 2. The minimum Gasteiger partial charge on any atom is -0.497 e. The number of Topliss-reactive ketones (excluding diaryl/α,β-unsaturated/α-hetero) is 1. The molecule has 6 heteroatoms. The quantitative estimate of drug-likeness (QED) is 0.291. The van der Waals surface area contributed by atoms with Crippen molar-refractivity contribution >= 4 is 17.8 Å². The molecule has 0 atom stereocenters. The second-order valence-corrected chi connectivity index (χ2v) is 5.51. The van der Waals surface area contributed by atoms with Gasteiger partial charge in [-0.25, -0.2) is 4.79 Å². The zero-order chi connectivity index (χ0) is 19.6. The van der Waals surface area contributed by atoms with Crippen molar-refractivity contribution in [3.8, 4) is 17.2 Å². The standard InChI is InChI=1S/C21H22O6/c1-15(22)18-6-4-5-7-20(18)26-12-13-27-21(23)11-8-16-14-17(24-2)9-10-19(16)25-3/h4-11,14H,12-13H2,1-3H3/b11-8+. The number of ketones is 1. The summed E-state index contributed by atoms with van der Waals surface area (Å²) < 4.78 is 21.0. The number of rotatable bonds is 9. The van der Waals surface area contributed by atoms with Crippen molar-refractivity contribution in [2.75, 3.05) is 27.4 Å². The first-order valence-electron chi connectivity index (χ1n) is 8.34. The summed E-state index contributed by atoms with van der Waals surface area (Å²) in [6.07, 6.45) is 2.90. The Morgan fingerprint density at radius 3 is 2.44 bits per heavy atom. The maximum atomic E-state index is 11.9. The smallest absolute Gasteiger partial charge is 0.330 e. The minimum absolute atomic E-state index is 0.0602. The van der Waals surface area contributed by atoms with Crippen LogP contribution in [0.3, 0.4) is 0 Å². The monoisotopic (exact) mass is 370 g/mol. The summed E-state index contributed by atoms with van der Waals surface area (Å²) in [6.45, 7) is 1.68. The normalized spacial score (nSPS) is 10.5. The molecule has 2 rings (SSSR count). The summed E-state index contributed by atoms with van der Waals surface area (Å²) >= 11 is 0. The van der Waals surface area contributed by atoms with E-state index in [1.165, 1.54) is 13.0 Å². The molecule has 0 aliphatic carbocycles. The third-order valence-electron chi connectivity index (χ3n) is 3.69. The topological polar surface area (TPSA) is 71.1 Å². The van der Waals surface area contributed by atoms with Crippen LogP contribution in [0.2, 0.25) is 0 Å². The maximum absolute atomic E-state index is 11.9. The highest BCUT2D eigenvalue weighted by Crippen LogP contribution is 2.25. The lowest BCUT2D eigenvalue weighted by molar-refractivity contribution is -0.138. The molecule has 0 saturated carbocycles. The molecule has 0 bridgehead atoms. The van der Waals surface area contributed by atoms with E-state index < -0.39 is 5.97 Å². The molecule has 0 radical (unpaired) electrons. The van der Waals surface area contributed by atoms with Crippen molar-refractivity contribution in [1.82, 2.24) is 0 Å². The number of benzene rings is 2. The lowest BCUT2D eigenvalue weighted by atomic mass is 10.1. The van der Waals surface area contributed by atoms with Crippen LogP contribution < -0.4 is 14.2 Å². The second kappa shape index (κ2) is 10.0. The summed E-state index contributed by atoms with van der Waals surface area (Å²) in [6, 6.07) is 12.2. The van der Waals surface area contributed by atoms with E-state index in [2.05, 4.69) is 0 Å². The molecule has 0 N–H and O–H groups in total. The van der Waals surface area contributed by atoms with Crippen LogP contribution in [-0.2, 0) is 9.53 Å². The van der Waals surface area contributed by atoms with E-state index in [-0.39, 0.29) is 19.0 Å². The number of esters is 1.